The first-order valence-electron chi connectivity index (χ1n) is 13.4. The Balaban J connectivity index is 1.23. The number of pyridine rings is 1. The summed E-state index contributed by atoms with van der Waals surface area (Å²) in [7, 11) is 0. The molecule has 2 amide bonds. The van der Waals surface area contributed by atoms with Gasteiger partial charge in [0.15, 0.2) is 0 Å². The average Bonchev–Trinajstić information content (AvgIpc) is 2.97. The molecule has 0 unspecified atom stereocenters. The van der Waals surface area contributed by atoms with E-state index in [1.54, 1.807) is 59.8 Å². The molecule has 216 valence electrons. The third kappa shape index (κ3) is 7.06. The van der Waals surface area contributed by atoms with Crippen molar-refractivity contribution in [1.29, 1.82) is 0 Å². The summed E-state index contributed by atoms with van der Waals surface area (Å²) >= 11 is 0. The van der Waals surface area contributed by atoms with Crippen molar-refractivity contribution in [2.75, 3.05) is 18.4 Å². The van der Waals surface area contributed by atoms with Gasteiger partial charge in [-0.3, -0.25) is 14.6 Å². The number of anilines is 1. The van der Waals surface area contributed by atoms with Crippen LogP contribution in [0.2, 0.25) is 0 Å². The van der Waals surface area contributed by atoms with E-state index in [4.69, 9.17) is 4.74 Å². The fourth-order valence-electron chi connectivity index (χ4n) is 4.95. The van der Waals surface area contributed by atoms with E-state index in [-0.39, 0.29) is 23.7 Å². The lowest BCUT2D eigenvalue weighted by molar-refractivity contribution is -0.274. The monoisotopic (exact) mass is 575 g/mol. The molecule has 3 aromatic carbocycles. The standard InChI is InChI=1S/C32H28F3N3O4/c1-21-5-2-9-28(29(21)22-10-12-26(13-11-22)42-32(33,34)35)30(39)37-24-7-3-8-27(19-24)41-25-14-17-38(18-15-25)31(40)23-6-4-16-36-20-23/h2-13,16,19-20,25H,14-15,17-18H2,1H3,(H,37,39). The first-order valence-corrected chi connectivity index (χ1v) is 13.4. The van der Waals surface area contributed by atoms with Crippen molar-refractivity contribution < 1.29 is 32.2 Å². The number of aromatic nitrogens is 1. The fraction of sp³-hybridized carbons (Fsp3) is 0.219. The summed E-state index contributed by atoms with van der Waals surface area (Å²) in [5, 5.41) is 2.90. The molecular formula is C32H28F3N3O4. The van der Waals surface area contributed by atoms with E-state index in [1.165, 1.54) is 24.3 Å². The molecule has 4 aromatic rings. The normalized spacial score (nSPS) is 13.9. The second kappa shape index (κ2) is 12.3. The van der Waals surface area contributed by atoms with Crippen molar-refractivity contribution in [3.8, 4) is 22.6 Å². The van der Waals surface area contributed by atoms with Crippen LogP contribution >= 0.6 is 0 Å². The molecule has 1 saturated heterocycles. The van der Waals surface area contributed by atoms with E-state index in [9.17, 15) is 22.8 Å². The number of alkyl halides is 3. The van der Waals surface area contributed by atoms with Gasteiger partial charge in [-0.05, 0) is 66.1 Å². The predicted molar refractivity (Wildman–Crippen MR) is 151 cm³/mol. The van der Waals surface area contributed by atoms with Crippen molar-refractivity contribution in [2.45, 2.75) is 32.2 Å². The number of aryl methyl sites for hydroxylation is 1. The molecule has 0 saturated carbocycles. The van der Waals surface area contributed by atoms with Gasteiger partial charge >= 0.3 is 6.36 Å². The van der Waals surface area contributed by atoms with E-state index >= 15 is 0 Å². The number of nitrogens with one attached hydrogen (secondary N) is 1. The number of benzene rings is 3. The first kappa shape index (κ1) is 28.7. The molecule has 1 fully saturated rings. The summed E-state index contributed by atoms with van der Waals surface area (Å²) in [6.45, 7) is 2.96. The smallest absolute Gasteiger partial charge is 0.490 e. The number of piperidine rings is 1. The number of amides is 2. The zero-order chi connectivity index (χ0) is 29.7. The van der Waals surface area contributed by atoms with Crippen LogP contribution in [0.15, 0.2) is 91.3 Å². The van der Waals surface area contributed by atoms with E-state index in [0.717, 1.165) is 5.56 Å². The van der Waals surface area contributed by atoms with Gasteiger partial charge in [0.05, 0.1) is 5.56 Å². The van der Waals surface area contributed by atoms with Gasteiger partial charge in [-0.1, -0.05) is 30.3 Å². The van der Waals surface area contributed by atoms with Gasteiger partial charge in [-0.25, -0.2) is 0 Å². The second-order valence-electron chi connectivity index (χ2n) is 9.90. The molecule has 1 aliphatic heterocycles. The zero-order valence-electron chi connectivity index (χ0n) is 22.7. The summed E-state index contributed by atoms with van der Waals surface area (Å²) in [6, 6.07) is 21.2. The van der Waals surface area contributed by atoms with Crippen LogP contribution in [0, 0.1) is 6.92 Å². The number of hydrogen-bond acceptors (Lipinski definition) is 5. The van der Waals surface area contributed by atoms with Gasteiger partial charge < -0.3 is 19.7 Å². The molecule has 1 aromatic heterocycles. The summed E-state index contributed by atoms with van der Waals surface area (Å²) in [4.78, 5) is 31.9. The van der Waals surface area contributed by atoms with Crippen LogP contribution in [0.3, 0.4) is 0 Å². The largest absolute Gasteiger partial charge is 0.573 e. The number of carbonyl (C=O) groups excluding carboxylic acids is 2. The van der Waals surface area contributed by atoms with E-state index < -0.39 is 6.36 Å². The molecule has 0 bridgehead atoms. The number of hydrogen-bond donors (Lipinski definition) is 1. The second-order valence-corrected chi connectivity index (χ2v) is 9.90. The van der Waals surface area contributed by atoms with Crippen molar-refractivity contribution >= 4 is 17.5 Å². The fourth-order valence-corrected chi connectivity index (χ4v) is 4.95. The summed E-state index contributed by atoms with van der Waals surface area (Å²) < 4.78 is 47.9. The Morgan fingerprint density at radius 2 is 1.67 bits per heavy atom. The van der Waals surface area contributed by atoms with Crippen LogP contribution in [-0.2, 0) is 0 Å². The number of halogens is 3. The van der Waals surface area contributed by atoms with E-state index in [1.807, 2.05) is 19.1 Å². The SMILES string of the molecule is Cc1cccc(C(=O)Nc2cccc(OC3CCN(C(=O)c4cccnc4)CC3)c2)c1-c1ccc(OC(F)(F)F)cc1. The Kier molecular flexibility index (Phi) is 8.42. The van der Waals surface area contributed by atoms with Gasteiger partial charge in [-0.15, -0.1) is 13.2 Å². The lowest BCUT2D eigenvalue weighted by Crippen LogP contribution is -2.41. The van der Waals surface area contributed by atoms with Gasteiger partial charge in [0, 0.05) is 55.6 Å². The predicted octanol–water partition coefficient (Wildman–Crippen LogP) is 6.89. The van der Waals surface area contributed by atoms with Gasteiger partial charge in [0.2, 0.25) is 0 Å². The van der Waals surface area contributed by atoms with Gasteiger partial charge in [0.25, 0.3) is 11.8 Å². The zero-order valence-corrected chi connectivity index (χ0v) is 22.7. The summed E-state index contributed by atoms with van der Waals surface area (Å²) in [6.07, 6.45) is -0.338. The minimum atomic E-state index is -4.79. The van der Waals surface area contributed by atoms with Crippen LogP contribution in [0.4, 0.5) is 18.9 Å². The third-order valence-electron chi connectivity index (χ3n) is 6.93. The highest BCUT2D eigenvalue weighted by molar-refractivity contribution is 6.09. The number of likely N-dealkylation sites (tertiary alicyclic amines) is 1. The summed E-state index contributed by atoms with van der Waals surface area (Å²) in [5.74, 6) is -0.168. The van der Waals surface area contributed by atoms with E-state index in [2.05, 4.69) is 15.0 Å². The maximum absolute atomic E-state index is 13.4. The summed E-state index contributed by atoms with van der Waals surface area (Å²) in [5.41, 5.74) is 3.44. The Bertz CT molecular complexity index is 1550. The number of carbonyl (C=O) groups is 2. The molecule has 7 nitrogen and oxygen atoms in total. The molecule has 1 N–H and O–H groups in total. The minimum absolute atomic E-state index is 0.0487. The molecule has 0 atom stereocenters. The Morgan fingerprint density at radius 1 is 0.929 bits per heavy atom. The Morgan fingerprint density at radius 3 is 2.36 bits per heavy atom. The van der Waals surface area contributed by atoms with Crippen molar-refractivity contribution in [1.82, 2.24) is 9.88 Å². The third-order valence-corrected chi connectivity index (χ3v) is 6.93. The number of nitrogens with zero attached hydrogens (tertiary/aromatic N) is 2. The quantitative estimate of drug-likeness (QED) is 0.260. The lowest BCUT2D eigenvalue weighted by atomic mass is 9.94. The highest BCUT2D eigenvalue weighted by Crippen LogP contribution is 2.32. The molecular weight excluding hydrogens is 547 g/mol. The maximum Gasteiger partial charge on any atom is 0.573 e. The van der Waals surface area contributed by atoms with Crippen LogP contribution in [0.5, 0.6) is 11.5 Å². The average molecular weight is 576 g/mol. The van der Waals surface area contributed by atoms with Crippen molar-refractivity contribution in [3.63, 3.8) is 0 Å². The number of ether oxygens (including phenoxy) is 2. The van der Waals surface area contributed by atoms with Crippen LogP contribution in [0.1, 0.15) is 39.1 Å². The highest BCUT2D eigenvalue weighted by Gasteiger charge is 2.31. The number of rotatable bonds is 7. The minimum Gasteiger partial charge on any atom is -0.490 e. The Hall–Kier alpha value is -4.86. The molecule has 1 aliphatic rings. The van der Waals surface area contributed by atoms with Crippen LogP contribution in [0.25, 0.3) is 11.1 Å². The molecule has 0 aliphatic carbocycles. The first-order chi connectivity index (χ1) is 20.2. The molecule has 2 heterocycles. The molecule has 10 heteroatoms. The van der Waals surface area contributed by atoms with Crippen molar-refractivity contribution in [3.05, 3.63) is 108 Å². The van der Waals surface area contributed by atoms with Crippen LogP contribution < -0.4 is 14.8 Å². The van der Waals surface area contributed by atoms with E-state index in [0.29, 0.717) is 59.6 Å². The van der Waals surface area contributed by atoms with Crippen LogP contribution in [-0.4, -0.2) is 47.3 Å². The van der Waals surface area contributed by atoms with Gasteiger partial charge in [-0.2, -0.15) is 0 Å². The lowest BCUT2D eigenvalue weighted by Gasteiger charge is -2.32. The Labute approximate surface area is 240 Å². The maximum atomic E-state index is 13.4. The highest BCUT2D eigenvalue weighted by atomic mass is 19.4. The van der Waals surface area contributed by atoms with Gasteiger partial charge in [0.1, 0.15) is 17.6 Å². The molecule has 0 radical (unpaired) electrons. The van der Waals surface area contributed by atoms with Crippen molar-refractivity contribution in [2.24, 2.45) is 0 Å². The molecule has 42 heavy (non-hydrogen) atoms. The molecule has 5 rings (SSSR count). The topological polar surface area (TPSA) is 80.8 Å². The molecule has 0 spiro atoms.